The Balaban J connectivity index is 2.82. The second-order valence-electron chi connectivity index (χ2n) is 3.93. The molecule has 1 saturated heterocycles. The van der Waals surface area contributed by atoms with Gasteiger partial charge in [-0.2, -0.15) is 0 Å². The molecule has 0 amide bonds. The molecule has 7 heteroatoms. The summed E-state index contributed by atoms with van der Waals surface area (Å²) in [5.74, 6) is -0.233. The molecule has 15 heavy (non-hydrogen) atoms. The van der Waals surface area contributed by atoms with Crippen molar-refractivity contribution in [3.8, 4) is 0 Å². The van der Waals surface area contributed by atoms with Crippen molar-refractivity contribution in [2.24, 2.45) is 5.92 Å². The standard InChI is InChI=1S/C8H18NO5P/c1-6(2)5-7-8(10)14-15(11,9-7,12-3)13-4/h6-7,9,11H,5H2,1-4H3/t7-/m0/s1. The fourth-order valence-electron chi connectivity index (χ4n) is 1.44. The quantitative estimate of drug-likeness (QED) is 0.711. The SMILES string of the molecule is COP1(O)(OC)N[C@@H](CC(C)C)C(=O)O1. The van der Waals surface area contributed by atoms with Crippen molar-refractivity contribution in [2.75, 3.05) is 14.2 Å². The summed E-state index contributed by atoms with van der Waals surface area (Å²) in [5, 5.41) is 2.63. The normalized spacial score (nSPS) is 30.9. The van der Waals surface area contributed by atoms with E-state index in [-0.39, 0.29) is 0 Å². The Labute approximate surface area is 89.2 Å². The summed E-state index contributed by atoms with van der Waals surface area (Å²) in [7, 11) is -1.87. The minimum absolute atomic E-state index is 0.302. The molecule has 0 spiro atoms. The van der Waals surface area contributed by atoms with Crippen molar-refractivity contribution in [1.82, 2.24) is 5.09 Å². The van der Waals surface area contributed by atoms with Crippen LogP contribution in [-0.4, -0.2) is 31.1 Å². The van der Waals surface area contributed by atoms with Gasteiger partial charge in [0, 0.05) is 0 Å². The fraction of sp³-hybridized carbons (Fsp3) is 0.875. The molecule has 1 aliphatic rings. The van der Waals surface area contributed by atoms with Gasteiger partial charge in [0.2, 0.25) is 0 Å². The minimum atomic E-state index is -4.34. The summed E-state index contributed by atoms with van der Waals surface area (Å²) in [5.41, 5.74) is 0. The van der Waals surface area contributed by atoms with Gasteiger partial charge in [0.15, 0.2) is 0 Å². The van der Waals surface area contributed by atoms with Crippen LogP contribution in [0.2, 0.25) is 0 Å². The van der Waals surface area contributed by atoms with Gasteiger partial charge in [-0.3, -0.25) is 0 Å². The maximum absolute atomic E-state index is 11.5. The third kappa shape index (κ3) is 2.46. The number of carbonyl (C=O) groups excluding carboxylic acids is 1. The molecule has 6 nitrogen and oxygen atoms in total. The Hall–Kier alpha value is -0.260. The molecule has 0 saturated carbocycles. The molecule has 0 unspecified atom stereocenters. The predicted molar refractivity (Wildman–Crippen MR) is 55.6 cm³/mol. The Kier molecular flexibility index (Phi) is 3.38. The summed E-state index contributed by atoms with van der Waals surface area (Å²) in [6.07, 6.45) is 0.560. The van der Waals surface area contributed by atoms with E-state index >= 15 is 0 Å². The molecule has 0 aromatic rings. The van der Waals surface area contributed by atoms with Crippen molar-refractivity contribution in [1.29, 1.82) is 0 Å². The van der Waals surface area contributed by atoms with Crippen LogP contribution in [0.3, 0.4) is 0 Å². The van der Waals surface area contributed by atoms with Gasteiger partial charge in [0.25, 0.3) is 0 Å². The number of carbonyl (C=O) groups is 1. The van der Waals surface area contributed by atoms with E-state index in [2.05, 4.69) is 5.09 Å². The number of rotatable bonds is 4. The van der Waals surface area contributed by atoms with Crippen LogP contribution in [0.25, 0.3) is 0 Å². The zero-order chi connectivity index (χ0) is 11.7. The van der Waals surface area contributed by atoms with Gasteiger partial charge >= 0.3 is 88.4 Å². The zero-order valence-electron chi connectivity index (χ0n) is 9.39. The predicted octanol–water partition coefficient (Wildman–Crippen LogP) is 0.961. The topological polar surface area (TPSA) is 77.0 Å². The van der Waals surface area contributed by atoms with Gasteiger partial charge < -0.3 is 0 Å². The average molecular weight is 239 g/mol. The molecule has 0 aromatic heterocycles. The Morgan fingerprint density at radius 1 is 1.53 bits per heavy atom. The van der Waals surface area contributed by atoms with E-state index in [1.54, 1.807) is 0 Å². The monoisotopic (exact) mass is 239 g/mol. The van der Waals surface area contributed by atoms with Gasteiger partial charge in [-0.25, -0.2) is 0 Å². The molecule has 0 radical (unpaired) electrons. The second kappa shape index (κ2) is 3.96. The number of nitrogens with one attached hydrogen (secondary N) is 1. The summed E-state index contributed by atoms with van der Waals surface area (Å²) in [6, 6.07) is -0.576. The Bertz CT molecular complexity index is 266. The number of hydrogen-bond acceptors (Lipinski definition) is 6. The molecule has 1 heterocycles. The first kappa shape index (κ1) is 12.8. The van der Waals surface area contributed by atoms with Gasteiger partial charge in [0.1, 0.15) is 0 Å². The average Bonchev–Trinajstić information content (AvgIpc) is 2.41. The molecule has 1 aliphatic heterocycles. The van der Waals surface area contributed by atoms with Crippen LogP contribution >= 0.6 is 7.66 Å². The van der Waals surface area contributed by atoms with Crippen molar-refractivity contribution >= 4 is 13.6 Å². The Morgan fingerprint density at radius 3 is 2.40 bits per heavy atom. The maximum atomic E-state index is 11.5. The van der Waals surface area contributed by atoms with E-state index in [4.69, 9.17) is 13.6 Å². The van der Waals surface area contributed by atoms with Crippen molar-refractivity contribution in [3.63, 3.8) is 0 Å². The zero-order valence-corrected chi connectivity index (χ0v) is 10.3. The second-order valence-corrected chi connectivity index (χ2v) is 6.79. The molecular formula is C8H18NO5P. The van der Waals surface area contributed by atoms with E-state index in [1.165, 1.54) is 14.2 Å². The molecule has 0 bridgehead atoms. The van der Waals surface area contributed by atoms with E-state index in [9.17, 15) is 9.69 Å². The third-order valence-corrected chi connectivity index (χ3v) is 4.79. The summed E-state index contributed by atoms with van der Waals surface area (Å²) in [4.78, 5) is 21.5. The summed E-state index contributed by atoms with van der Waals surface area (Å²) in [6.45, 7) is 3.94. The van der Waals surface area contributed by atoms with Crippen LogP contribution in [-0.2, 0) is 18.4 Å². The fourth-order valence-corrected chi connectivity index (χ4v) is 3.17. The Morgan fingerprint density at radius 2 is 2.07 bits per heavy atom. The van der Waals surface area contributed by atoms with Crippen molar-refractivity contribution in [2.45, 2.75) is 26.3 Å². The summed E-state index contributed by atoms with van der Waals surface area (Å²) < 4.78 is 14.5. The molecule has 0 aromatic carbocycles. The van der Waals surface area contributed by atoms with Crippen molar-refractivity contribution in [3.05, 3.63) is 0 Å². The van der Waals surface area contributed by atoms with E-state index < -0.39 is 19.7 Å². The van der Waals surface area contributed by atoms with Crippen LogP contribution in [0.4, 0.5) is 0 Å². The van der Waals surface area contributed by atoms with Crippen LogP contribution < -0.4 is 5.09 Å². The molecular weight excluding hydrogens is 221 g/mol. The molecule has 0 aliphatic carbocycles. The molecule has 1 fully saturated rings. The van der Waals surface area contributed by atoms with E-state index in [0.717, 1.165) is 0 Å². The third-order valence-electron chi connectivity index (χ3n) is 2.26. The molecule has 1 rings (SSSR count). The molecule has 1 atom stereocenters. The van der Waals surface area contributed by atoms with Gasteiger partial charge in [-0.05, 0) is 0 Å². The van der Waals surface area contributed by atoms with Gasteiger partial charge in [-0.1, -0.05) is 0 Å². The van der Waals surface area contributed by atoms with Crippen LogP contribution in [0.1, 0.15) is 20.3 Å². The van der Waals surface area contributed by atoms with Crippen LogP contribution in [0.5, 0.6) is 0 Å². The van der Waals surface area contributed by atoms with Crippen molar-refractivity contribution < 1.29 is 23.3 Å². The summed E-state index contributed by atoms with van der Waals surface area (Å²) >= 11 is 0. The van der Waals surface area contributed by atoms with E-state index in [0.29, 0.717) is 12.3 Å². The van der Waals surface area contributed by atoms with Crippen LogP contribution in [0, 0.1) is 5.92 Å². The van der Waals surface area contributed by atoms with E-state index in [1.807, 2.05) is 13.8 Å². The first-order valence-electron chi connectivity index (χ1n) is 4.74. The number of hydrogen-bond donors (Lipinski definition) is 2. The van der Waals surface area contributed by atoms with Crippen LogP contribution in [0.15, 0.2) is 0 Å². The van der Waals surface area contributed by atoms with Gasteiger partial charge in [0.05, 0.1) is 0 Å². The molecule has 2 N–H and O–H groups in total. The first-order chi connectivity index (χ1) is 6.82. The first-order valence-corrected chi connectivity index (χ1v) is 6.69. The molecule has 90 valence electrons. The van der Waals surface area contributed by atoms with Gasteiger partial charge in [-0.15, -0.1) is 0 Å².